The summed E-state index contributed by atoms with van der Waals surface area (Å²) < 4.78 is 1.32. The number of aliphatic hydroxyl groups is 1. The van der Waals surface area contributed by atoms with Crippen LogP contribution >= 0.6 is 22.6 Å². The van der Waals surface area contributed by atoms with Crippen LogP contribution in [0.1, 0.15) is 78.6 Å². The van der Waals surface area contributed by atoms with Crippen LogP contribution in [-0.2, 0) is 0 Å². The molecular weight excluding hydrogens is 419 g/mol. The van der Waals surface area contributed by atoms with Gasteiger partial charge < -0.3 is 5.11 Å². The van der Waals surface area contributed by atoms with Gasteiger partial charge in [0, 0.05) is 4.43 Å². The minimum atomic E-state index is -0.396. The van der Waals surface area contributed by atoms with Crippen LogP contribution in [0.5, 0.6) is 0 Å². The van der Waals surface area contributed by atoms with Crippen molar-refractivity contribution in [1.82, 2.24) is 0 Å². The van der Waals surface area contributed by atoms with Crippen molar-refractivity contribution in [2.75, 3.05) is 4.43 Å². The van der Waals surface area contributed by atoms with E-state index in [0.717, 1.165) is 54.8 Å². The van der Waals surface area contributed by atoms with Crippen LogP contribution < -0.4 is 0 Å². The fraction of sp³-hybridized carbons (Fsp3) is 0.913. The van der Waals surface area contributed by atoms with E-state index in [1.165, 1.54) is 43.0 Å². The zero-order valence-corrected chi connectivity index (χ0v) is 18.6. The highest BCUT2D eigenvalue weighted by atomic mass is 127. The molecule has 0 saturated heterocycles. The molecule has 0 spiro atoms. The van der Waals surface area contributed by atoms with Crippen LogP contribution in [0.4, 0.5) is 0 Å². The molecule has 3 saturated carbocycles. The van der Waals surface area contributed by atoms with Gasteiger partial charge in [0.2, 0.25) is 0 Å². The summed E-state index contributed by atoms with van der Waals surface area (Å²) in [6.45, 7) is 7.32. The van der Waals surface area contributed by atoms with Crippen molar-refractivity contribution in [3.63, 3.8) is 0 Å². The van der Waals surface area contributed by atoms with Gasteiger partial charge in [-0.25, -0.2) is 0 Å². The summed E-state index contributed by atoms with van der Waals surface area (Å²) in [7, 11) is 0. The zero-order valence-electron chi connectivity index (χ0n) is 16.4. The third-order valence-electron chi connectivity index (χ3n) is 9.25. The first-order valence-electron chi connectivity index (χ1n) is 10.9. The molecule has 0 radical (unpaired) electrons. The average Bonchev–Trinajstić information content (AvgIpc) is 2.98. The van der Waals surface area contributed by atoms with E-state index in [1.807, 2.05) is 0 Å². The number of halogens is 1. The molecule has 25 heavy (non-hydrogen) atoms. The Bertz CT molecular complexity index is 542. The molecule has 0 unspecified atom stereocenters. The molecule has 1 nitrogen and oxygen atoms in total. The molecule has 142 valence electrons. The van der Waals surface area contributed by atoms with Crippen molar-refractivity contribution in [2.24, 2.45) is 40.9 Å². The first-order valence-corrected chi connectivity index (χ1v) is 12.4. The smallest absolute Gasteiger partial charge is 0.0682 e. The second-order valence-electron chi connectivity index (χ2n) is 10.2. The predicted molar refractivity (Wildman–Crippen MR) is 114 cm³/mol. The van der Waals surface area contributed by atoms with Crippen molar-refractivity contribution < 1.29 is 5.11 Å². The monoisotopic (exact) mass is 456 g/mol. The Labute approximate surface area is 168 Å². The number of allylic oxidation sites excluding steroid dienone is 1. The summed E-state index contributed by atoms with van der Waals surface area (Å²) in [4.78, 5) is 0. The van der Waals surface area contributed by atoms with Crippen LogP contribution in [-0.4, -0.2) is 15.1 Å². The first-order chi connectivity index (χ1) is 11.9. The summed E-state index contributed by atoms with van der Waals surface area (Å²) >= 11 is 2.61. The lowest BCUT2D eigenvalue weighted by atomic mass is 9.50. The Morgan fingerprint density at radius 3 is 2.72 bits per heavy atom. The van der Waals surface area contributed by atoms with E-state index in [1.54, 1.807) is 5.57 Å². The van der Waals surface area contributed by atoms with Crippen molar-refractivity contribution >= 4 is 22.6 Å². The van der Waals surface area contributed by atoms with Crippen molar-refractivity contribution in [3.05, 3.63) is 11.6 Å². The molecular formula is C23H37IO. The fourth-order valence-electron chi connectivity index (χ4n) is 7.75. The maximum Gasteiger partial charge on any atom is 0.0682 e. The molecule has 0 aromatic rings. The summed E-state index contributed by atoms with van der Waals surface area (Å²) in [5, 5.41) is 10.8. The average molecular weight is 456 g/mol. The van der Waals surface area contributed by atoms with Gasteiger partial charge in [0.1, 0.15) is 0 Å². The summed E-state index contributed by atoms with van der Waals surface area (Å²) in [5.74, 6) is 5.47. The molecule has 0 aromatic carbocycles. The van der Waals surface area contributed by atoms with Gasteiger partial charge in [-0.1, -0.05) is 55.0 Å². The third-order valence-corrected chi connectivity index (χ3v) is 10.6. The zero-order chi connectivity index (χ0) is 17.8. The van der Waals surface area contributed by atoms with Gasteiger partial charge in [-0.15, -0.1) is 0 Å². The molecule has 0 aliphatic heterocycles. The lowest BCUT2D eigenvalue weighted by Gasteiger charge is -2.55. The summed E-state index contributed by atoms with van der Waals surface area (Å²) in [5.41, 5.74) is 1.85. The van der Waals surface area contributed by atoms with E-state index in [9.17, 15) is 5.11 Å². The topological polar surface area (TPSA) is 20.2 Å². The number of fused-ring (bicyclic) bond motifs is 5. The van der Waals surface area contributed by atoms with Gasteiger partial charge in [-0.3, -0.25) is 0 Å². The Morgan fingerprint density at radius 1 is 1.20 bits per heavy atom. The van der Waals surface area contributed by atoms with Crippen molar-refractivity contribution in [3.8, 4) is 0 Å². The van der Waals surface area contributed by atoms with E-state index < -0.39 is 5.60 Å². The van der Waals surface area contributed by atoms with E-state index in [0.29, 0.717) is 5.41 Å². The minimum Gasteiger partial charge on any atom is -0.390 e. The standard InChI is InChI=1S/C23H37IO/c1-4-23(25)12-10-17-16(13-23)5-6-19-18(17)9-11-22(3)20(15(2)14-24)7-8-21(19)22/h5,15,17-21,25H,4,6-14H2,1-3H3/t15-,17+,18-,19-,20-,21+,22-,23+/m1/s1. The van der Waals surface area contributed by atoms with Gasteiger partial charge in [0.05, 0.1) is 5.60 Å². The molecule has 2 heteroatoms. The van der Waals surface area contributed by atoms with Crippen molar-refractivity contribution in [2.45, 2.75) is 84.2 Å². The highest BCUT2D eigenvalue weighted by Gasteiger charge is 2.56. The van der Waals surface area contributed by atoms with Gasteiger partial charge in [0.15, 0.2) is 0 Å². The molecule has 0 amide bonds. The Hall–Kier alpha value is 0.430. The second kappa shape index (κ2) is 6.79. The molecule has 3 fully saturated rings. The quantitative estimate of drug-likeness (QED) is 0.297. The molecule has 0 heterocycles. The fourth-order valence-corrected chi connectivity index (χ4v) is 8.36. The largest absolute Gasteiger partial charge is 0.390 e. The normalized spacial score (nSPS) is 50.4. The van der Waals surface area contributed by atoms with Crippen LogP contribution in [0.2, 0.25) is 0 Å². The van der Waals surface area contributed by atoms with E-state index in [-0.39, 0.29) is 0 Å². The van der Waals surface area contributed by atoms with E-state index >= 15 is 0 Å². The second-order valence-corrected chi connectivity index (χ2v) is 11.1. The number of alkyl halides is 1. The van der Waals surface area contributed by atoms with Crippen LogP contribution in [0.3, 0.4) is 0 Å². The minimum absolute atomic E-state index is 0.396. The molecule has 0 aromatic heterocycles. The molecule has 8 atom stereocenters. The van der Waals surface area contributed by atoms with Crippen LogP contribution in [0.25, 0.3) is 0 Å². The molecule has 4 aliphatic rings. The third kappa shape index (κ3) is 2.96. The summed E-state index contributed by atoms with van der Waals surface area (Å²) in [6, 6.07) is 0. The van der Waals surface area contributed by atoms with Gasteiger partial charge in [-0.05, 0) is 98.7 Å². The van der Waals surface area contributed by atoms with Crippen molar-refractivity contribution in [1.29, 1.82) is 0 Å². The Kier molecular flexibility index (Phi) is 5.10. The highest BCUT2D eigenvalue weighted by Crippen LogP contribution is 2.64. The number of hydrogen-bond donors (Lipinski definition) is 1. The number of hydrogen-bond acceptors (Lipinski definition) is 1. The highest BCUT2D eigenvalue weighted by molar-refractivity contribution is 14.1. The maximum absolute atomic E-state index is 10.8. The maximum atomic E-state index is 10.8. The van der Waals surface area contributed by atoms with Gasteiger partial charge >= 0.3 is 0 Å². The van der Waals surface area contributed by atoms with Crippen LogP contribution in [0.15, 0.2) is 11.6 Å². The first kappa shape index (κ1) is 18.8. The molecule has 0 bridgehead atoms. The lowest BCUT2D eigenvalue weighted by molar-refractivity contribution is -0.0442. The number of rotatable bonds is 3. The Balaban J connectivity index is 1.56. The molecule has 4 aliphatic carbocycles. The predicted octanol–water partition coefficient (Wildman–Crippen LogP) is 6.39. The molecule has 1 N–H and O–H groups in total. The molecule has 4 rings (SSSR count). The Morgan fingerprint density at radius 2 is 2.00 bits per heavy atom. The van der Waals surface area contributed by atoms with E-state index in [2.05, 4.69) is 49.4 Å². The SMILES string of the molecule is CC[C@]1(O)CC[C@H]2C(=CC[C@@H]3[C@@H]2CC[C@]2(C)[C@@H]([C@H](C)CI)CC[C@@H]32)C1. The summed E-state index contributed by atoms with van der Waals surface area (Å²) in [6.07, 6.45) is 13.9. The van der Waals surface area contributed by atoms with Gasteiger partial charge in [-0.2, -0.15) is 0 Å². The van der Waals surface area contributed by atoms with Gasteiger partial charge in [0.25, 0.3) is 0 Å². The van der Waals surface area contributed by atoms with E-state index in [4.69, 9.17) is 0 Å². The lowest BCUT2D eigenvalue weighted by Crippen LogP contribution is -2.48. The van der Waals surface area contributed by atoms with Crippen LogP contribution in [0, 0.1) is 40.9 Å².